The summed E-state index contributed by atoms with van der Waals surface area (Å²) in [6, 6.07) is 5.25. The summed E-state index contributed by atoms with van der Waals surface area (Å²) < 4.78 is 18.4. The van der Waals surface area contributed by atoms with Gasteiger partial charge in [0, 0.05) is 6.07 Å². The molecule has 5 rings (SSSR count). The first-order valence-electron chi connectivity index (χ1n) is 8.09. The van der Waals surface area contributed by atoms with Crippen LogP contribution in [0, 0.1) is 0 Å². The van der Waals surface area contributed by atoms with Gasteiger partial charge < -0.3 is 28.9 Å². The summed E-state index contributed by atoms with van der Waals surface area (Å²) in [7, 11) is 0. The highest BCUT2D eigenvalue weighted by Gasteiger charge is 2.44. The number of nitrogens with zero attached hydrogens (tertiary/aromatic N) is 3. The smallest absolute Gasteiger partial charge is 0.165 e. The van der Waals surface area contributed by atoms with Gasteiger partial charge in [-0.2, -0.15) is 0 Å². The standard InChI is InChI=1S/C17H15N3O6/c21-6-10-13(22)14(23)17(26-10)20-8-3-5-25-15(8)11-12(9-2-1-4-24-9)18-7-19-16(11)20/h1-5,7,10,13-14,17,21-23H,6H2/t10-,13-,14-,17-/m1/s1. The maximum absolute atomic E-state index is 10.4. The van der Waals surface area contributed by atoms with Crippen molar-refractivity contribution < 1.29 is 28.9 Å². The van der Waals surface area contributed by atoms with Gasteiger partial charge in [-0.25, -0.2) is 9.97 Å². The predicted molar refractivity (Wildman–Crippen MR) is 88.0 cm³/mol. The van der Waals surface area contributed by atoms with Crippen molar-refractivity contribution in [2.24, 2.45) is 0 Å². The molecule has 26 heavy (non-hydrogen) atoms. The lowest BCUT2D eigenvalue weighted by Gasteiger charge is -2.18. The van der Waals surface area contributed by atoms with Gasteiger partial charge in [-0.3, -0.25) is 4.57 Å². The van der Waals surface area contributed by atoms with Crippen molar-refractivity contribution in [1.29, 1.82) is 0 Å². The Bertz CT molecular complexity index is 1070. The normalized spacial score (nSPS) is 26.3. The summed E-state index contributed by atoms with van der Waals surface area (Å²) in [6.45, 7) is -0.408. The van der Waals surface area contributed by atoms with Gasteiger partial charge in [0.1, 0.15) is 30.3 Å². The minimum absolute atomic E-state index is 0.408. The fraction of sp³-hybridized carbons (Fsp3) is 0.294. The number of aromatic nitrogens is 3. The molecule has 0 unspecified atom stereocenters. The fourth-order valence-electron chi connectivity index (χ4n) is 3.51. The van der Waals surface area contributed by atoms with E-state index in [0.717, 1.165) is 0 Å². The third-order valence-corrected chi connectivity index (χ3v) is 4.71. The van der Waals surface area contributed by atoms with E-state index in [1.807, 2.05) is 0 Å². The molecule has 9 nitrogen and oxygen atoms in total. The molecular weight excluding hydrogens is 342 g/mol. The molecule has 0 amide bonds. The molecule has 4 aromatic rings. The summed E-state index contributed by atoms with van der Waals surface area (Å²) in [5, 5.41) is 30.5. The Balaban J connectivity index is 1.78. The molecule has 0 aromatic carbocycles. The van der Waals surface area contributed by atoms with Crippen LogP contribution in [0.4, 0.5) is 0 Å². The first kappa shape index (κ1) is 15.5. The van der Waals surface area contributed by atoms with Crippen LogP contribution in [0.2, 0.25) is 0 Å². The van der Waals surface area contributed by atoms with E-state index in [0.29, 0.717) is 33.6 Å². The zero-order valence-corrected chi connectivity index (χ0v) is 13.4. The molecule has 4 atom stereocenters. The van der Waals surface area contributed by atoms with Crippen LogP contribution in [-0.2, 0) is 4.74 Å². The van der Waals surface area contributed by atoms with Crippen molar-refractivity contribution in [3.63, 3.8) is 0 Å². The van der Waals surface area contributed by atoms with E-state index in [1.165, 1.54) is 12.6 Å². The molecule has 0 saturated carbocycles. The minimum Gasteiger partial charge on any atom is -0.463 e. The van der Waals surface area contributed by atoms with E-state index in [4.69, 9.17) is 13.6 Å². The molecule has 0 radical (unpaired) electrons. The number of ether oxygens (including phenoxy) is 1. The Morgan fingerprint density at radius 1 is 1.08 bits per heavy atom. The van der Waals surface area contributed by atoms with Gasteiger partial charge in [-0.05, 0) is 12.1 Å². The van der Waals surface area contributed by atoms with Gasteiger partial charge in [0.2, 0.25) is 0 Å². The van der Waals surface area contributed by atoms with Gasteiger partial charge in [0.25, 0.3) is 0 Å². The highest BCUT2D eigenvalue weighted by Crippen LogP contribution is 2.40. The van der Waals surface area contributed by atoms with Crippen LogP contribution in [0.5, 0.6) is 0 Å². The van der Waals surface area contributed by atoms with Gasteiger partial charge in [0.15, 0.2) is 23.2 Å². The first-order valence-corrected chi connectivity index (χ1v) is 8.09. The Hall–Kier alpha value is -2.72. The van der Waals surface area contributed by atoms with Crippen molar-refractivity contribution in [2.75, 3.05) is 6.61 Å². The van der Waals surface area contributed by atoms with Crippen molar-refractivity contribution >= 4 is 22.1 Å². The second-order valence-corrected chi connectivity index (χ2v) is 6.13. The van der Waals surface area contributed by atoms with E-state index in [9.17, 15) is 15.3 Å². The maximum Gasteiger partial charge on any atom is 0.165 e. The van der Waals surface area contributed by atoms with Gasteiger partial charge in [-0.15, -0.1) is 0 Å². The predicted octanol–water partition coefficient (Wildman–Crippen LogP) is 1.05. The van der Waals surface area contributed by atoms with Gasteiger partial charge in [-0.1, -0.05) is 0 Å². The van der Waals surface area contributed by atoms with Crippen LogP contribution >= 0.6 is 0 Å². The lowest BCUT2D eigenvalue weighted by molar-refractivity contribution is -0.0489. The molecule has 0 bridgehead atoms. The molecule has 9 heteroatoms. The van der Waals surface area contributed by atoms with E-state index in [2.05, 4.69) is 9.97 Å². The molecule has 0 spiro atoms. The molecule has 1 saturated heterocycles. The second-order valence-electron chi connectivity index (χ2n) is 6.13. The Labute approximate surface area is 146 Å². The summed E-state index contributed by atoms with van der Waals surface area (Å²) >= 11 is 0. The number of aliphatic hydroxyl groups excluding tert-OH is 3. The fourth-order valence-corrected chi connectivity index (χ4v) is 3.51. The maximum atomic E-state index is 10.4. The largest absolute Gasteiger partial charge is 0.463 e. The summed E-state index contributed by atoms with van der Waals surface area (Å²) in [4.78, 5) is 8.64. The zero-order chi connectivity index (χ0) is 17.8. The molecule has 3 N–H and O–H groups in total. The van der Waals surface area contributed by atoms with Crippen LogP contribution in [-0.4, -0.2) is 54.8 Å². The van der Waals surface area contributed by atoms with E-state index < -0.39 is 31.1 Å². The Morgan fingerprint density at radius 3 is 2.69 bits per heavy atom. The monoisotopic (exact) mass is 357 g/mol. The molecule has 5 heterocycles. The van der Waals surface area contributed by atoms with E-state index in [1.54, 1.807) is 29.0 Å². The zero-order valence-electron chi connectivity index (χ0n) is 13.4. The second kappa shape index (κ2) is 5.64. The number of hydrogen-bond donors (Lipinski definition) is 3. The molecule has 1 aliphatic heterocycles. The summed E-state index contributed by atoms with van der Waals surface area (Å²) in [5.41, 5.74) is 2.16. The minimum atomic E-state index is -1.23. The lowest BCUT2D eigenvalue weighted by atomic mass is 10.1. The van der Waals surface area contributed by atoms with Crippen molar-refractivity contribution in [3.05, 3.63) is 37.1 Å². The van der Waals surface area contributed by atoms with Crippen LogP contribution in [0.25, 0.3) is 33.6 Å². The average molecular weight is 357 g/mol. The number of aliphatic hydroxyl groups is 3. The average Bonchev–Trinajstić information content (AvgIpc) is 3.41. The van der Waals surface area contributed by atoms with Crippen LogP contribution < -0.4 is 0 Å². The number of furan rings is 2. The lowest BCUT2D eigenvalue weighted by Crippen LogP contribution is -2.33. The number of rotatable bonds is 3. The third kappa shape index (κ3) is 1.99. The van der Waals surface area contributed by atoms with Gasteiger partial charge in [0.05, 0.1) is 30.0 Å². The quantitative estimate of drug-likeness (QED) is 0.496. The van der Waals surface area contributed by atoms with Crippen LogP contribution in [0.3, 0.4) is 0 Å². The SMILES string of the molecule is OC[C@H]1O[C@@H](n2c3ccoc3c3c(-c4ccco4)ncnc32)[C@H](O)[C@@H]1O. The van der Waals surface area contributed by atoms with Crippen LogP contribution in [0.15, 0.2) is 45.9 Å². The van der Waals surface area contributed by atoms with E-state index in [-0.39, 0.29) is 0 Å². The molecule has 4 aromatic heterocycles. The molecular formula is C17H15N3O6. The molecule has 0 aliphatic carbocycles. The van der Waals surface area contributed by atoms with Crippen molar-refractivity contribution in [3.8, 4) is 11.5 Å². The highest BCUT2D eigenvalue weighted by atomic mass is 16.6. The summed E-state index contributed by atoms with van der Waals surface area (Å²) in [5.74, 6) is 0.550. The number of hydrogen-bond acceptors (Lipinski definition) is 8. The molecule has 1 aliphatic rings. The van der Waals surface area contributed by atoms with Crippen molar-refractivity contribution in [2.45, 2.75) is 24.5 Å². The number of fused-ring (bicyclic) bond motifs is 3. The Morgan fingerprint density at radius 2 is 1.96 bits per heavy atom. The van der Waals surface area contributed by atoms with Crippen molar-refractivity contribution in [1.82, 2.24) is 14.5 Å². The van der Waals surface area contributed by atoms with Crippen LogP contribution in [0.1, 0.15) is 6.23 Å². The first-order chi connectivity index (χ1) is 12.7. The summed E-state index contributed by atoms with van der Waals surface area (Å²) in [6.07, 6.45) is 0.182. The topological polar surface area (TPSA) is 127 Å². The van der Waals surface area contributed by atoms with E-state index >= 15 is 0 Å². The third-order valence-electron chi connectivity index (χ3n) is 4.71. The molecule has 1 fully saturated rings. The highest BCUT2D eigenvalue weighted by molar-refractivity contribution is 6.09. The van der Waals surface area contributed by atoms with Gasteiger partial charge >= 0.3 is 0 Å². The Kier molecular flexibility index (Phi) is 3.37. The molecule has 134 valence electrons.